The Kier molecular flexibility index (Phi) is 8.40. The van der Waals surface area contributed by atoms with Crippen LogP contribution in [-0.4, -0.2) is 48.6 Å². The molecule has 1 saturated heterocycles. The van der Waals surface area contributed by atoms with E-state index >= 15 is 0 Å². The van der Waals surface area contributed by atoms with Crippen LogP contribution in [0.25, 0.3) is 0 Å². The fourth-order valence-electron chi connectivity index (χ4n) is 5.43. The smallest absolute Gasteiger partial charge is 0.324 e. The Labute approximate surface area is 199 Å². The molecule has 0 aromatic heterocycles. The summed E-state index contributed by atoms with van der Waals surface area (Å²) in [7, 11) is 1.89. The second-order valence-corrected chi connectivity index (χ2v) is 9.86. The van der Waals surface area contributed by atoms with E-state index in [4.69, 9.17) is 5.73 Å². The van der Waals surface area contributed by atoms with Crippen LogP contribution >= 0.6 is 0 Å². The molecule has 0 unspecified atom stereocenters. The van der Waals surface area contributed by atoms with Crippen molar-refractivity contribution in [2.24, 2.45) is 11.7 Å². The Morgan fingerprint density at radius 2 is 1.55 bits per heavy atom. The molecule has 2 fully saturated rings. The first-order chi connectivity index (χ1) is 16.1. The van der Waals surface area contributed by atoms with Crippen molar-refractivity contribution in [3.8, 4) is 0 Å². The number of piperidine rings is 1. The molecule has 1 saturated carbocycles. The SMILES string of the molecule is CN(C(=O)N(Cc1ccc(CN)cc1)C1CCN(CC2CCCCC2)CC1)c1ccccc1. The number of carbonyl (C=O) groups excluding carboxylic acids is 1. The van der Waals surface area contributed by atoms with Gasteiger partial charge in [-0.2, -0.15) is 0 Å². The van der Waals surface area contributed by atoms with Gasteiger partial charge in [-0.1, -0.05) is 61.7 Å². The van der Waals surface area contributed by atoms with Crippen LogP contribution in [-0.2, 0) is 13.1 Å². The molecule has 2 amide bonds. The van der Waals surface area contributed by atoms with Crippen LogP contribution in [0.2, 0.25) is 0 Å². The maximum absolute atomic E-state index is 13.7. The Bertz CT molecular complexity index is 855. The van der Waals surface area contributed by atoms with Crippen LogP contribution in [0.15, 0.2) is 54.6 Å². The van der Waals surface area contributed by atoms with Gasteiger partial charge in [0.15, 0.2) is 0 Å². The zero-order valence-corrected chi connectivity index (χ0v) is 20.2. The van der Waals surface area contributed by atoms with Crippen LogP contribution in [0.3, 0.4) is 0 Å². The van der Waals surface area contributed by atoms with Crippen molar-refractivity contribution >= 4 is 11.7 Å². The lowest BCUT2D eigenvalue weighted by Gasteiger charge is -2.41. The summed E-state index contributed by atoms with van der Waals surface area (Å²) in [6, 6.07) is 18.7. The number of hydrogen-bond acceptors (Lipinski definition) is 3. The average Bonchev–Trinajstić information content (AvgIpc) is 2.88. The first kappa shape index (κ1) is 23.8. The molecule has 1 heterocycles. The molecule has 2 aromatic rings. The molecule has 0 atom stereocenters. The average molecular weight is 449 g/mol. The molecule has 2 aliphatic rings. The van der Waals surface area contributed by atoms with Gasteiger partial charge in [-0.3, -0.25) is 4.90 Å². The number of amides is 2. The second-order valence-electron chi connectivity index (χ2n) is 9.86. The van der Waals surface area contributed by atoms with Crippen LogP contribution in [0.5, 0.6) is 0 Å². The Balaban J connectivity index is 1.44. The summed E-state index contributed by atoms with van der Waals surface area (Å²) >= 11 is 0. The number of para-hydroxylation sites is 1. The number of urea groups is 1. The van der Waals surface area contributed by atoms with E-state index in [9.17, 15) is 4.79 Å². The van der Waals surface area contributed by atoms with E-state index in [0.29, 0.717) is 13.1 Å². The minimum absolute atomic E-state index is 0.0785. The van der Waals surface area contributed by atoms with Gasteiger partial charge in [-0.15, -0.1) is 0 Å². The van der Waals surface area contributed by atoms with Crippen molar-refractivity contribution in [1.29, 1.82) is 0 Å². The number of hydrogen-bond donors (Lipinski definition) is 1. The molecule has 1 aliphatic carbocycles. The van der Waals surface area contributed by atoms with E-state index in [1.54, 1.807) is 4.90 Å². The molecule has 2 aromatic carbocycles. The Morgan fingerprint density at radius 1 is 0.909 bits per heavy atom. The first-order valence-corrected chi connectivity index (χ1v) is 12.7. The van der Waals surface area contributed by atoms with E-state index in [-0.39, 0.29) is 12.1 Å². The van der Waals surface area contributed by atoms with Crippen LogP contribution in [0, 0.1) is 5.92 Å². The van der Waals surface area contributed by atoms with Crippen molar-refractivity contribution in [3.63, 3.8) is 0 Å². The lowest BCUT2D eigenvalue weighted by Crippen LogP contribution is -2.51. The molecule has 0 radical (unpaired) electrons. The molecule has 178 valence electrons. The monoisotopic (exact) mass is 448 g/mol. The largest absolute Gasteiger partial charge is 0.326 e. The summed E-state index contributed by atoms with van der Waals surface area (Å²) in [5.74, 6) is 0.873. The predicted molar refractivity (Wildman–Crippen MR) is 136 cm³/mol. The van der Waals surface area contributed by atoms with Gasteiger partial charge in [-0.25, -0.2) is 4.79 Å². The van der Waals surface area contributed by atoms with E-state index in [2.05, 4.69) is 34.1 Å². The maximum atomic E-state index is 13.7. The Hall–Kier alpha value is -2.37. The van der Waals surface area contributed by atoms with Crippen molar-refractivity contribution in [1.82, 2.24) is 9.80 Å². The second kappa shape index (κ2) is 11.7. The minimum Gasteiger partial charge on any atom is -0.326 e. The minimum atomic E-state index is 0.0785. The molecule has 0 bridgehead atoms. The summed E-state index contributed by atoms with van der Waals surface area (Å²) < 4.78 is 0. The number of nitrogens with two attached hydrogens (primary N) is 1. The first-order valence-electron chi connectivity index (χ1n) is 12.7. The van der Waals surface area contributed by atoms with E-state index in [1.807, 2.05) is 37.4 Å². The number of rotatable bonds is 7. The van der Waals surface area contributed by atoms with E-state index in [1.165, 1.54) is 38.6 Å². The number of carbonyl (C=O) groups is 1. The highest BCUT2D eigenvalue weighted by molar-refractivity contribution is 5.91. The molecular formula is C28H40N4O. The Morgan fingerprint density at radius 3 is 2.18 bits per heavy atom. The number of anilines is 1. The molecule has 4 rings (SSSR count). The number of benzene rings is 2. The highest BCUT2D eigenvalue weighted by Gasteiger charge is 2.31. The van der Waals surface area contributed by atoms with Gasteiger partial charge in [0.25, 0.3) is 0 Å². The van der Waals surface area contributed by atoms with E-state index in [0.717, 1.165) is 48.7 Å². The summed E-state index contributed by atoms with van der Waals surface area (Å²) in [4.78, 5) is 20.2. The van der Waals surface area contributed by atoms with Gasteiger partial charge < -0.3 is 15.5 Å². The van der Waals surface area contributed by atoms with Crippen molar-refractivity contribution in [2.45, 2.75) is 64.1 Å². The van der Waals surface area contributed by atoms with Crippen molar-refractivity contribution in [3.05, 3.63) is 65.7 Å². The van der Waals surface area contributed by atoms with Gasteiger partial charge in [0.1, 0.15) is 0 Å². The van der Waals surface area contributed by atoms with Gasteiger partial charge in [0.2, 0.25) is 0 Å². The van der Waals surface area contributed by atoms with Crippen LogP contribution in [0.4, 0.5) is 10.5 Å². The zero-order valence-electron chi connectivity index (χ0n) is 20.2. The molecule has 33 heavy (non-hydrogen) atoms. The van der Waals surface area contributed by atoms with Crippen LogP contribution in [0.1, 0.15) is 56.1 Å². The van der Waals surface area contributed by atoms with Crippen molar-refractivity contribution < 1.29 is 4.79 Å². The van der Waals surface area contributed by atoms with Gasteiger partial charge in [-0.05, 0) is 54.9 Å². The van der Waals surface area contributed by atoms with Gasteiger partial charge >= 0.3 is 6.03 Å². The summed E-state index contributed by atoms with van der Waals surface area (Å²) in [5, 5.41) is 0. The van der Waals surface area contributed by atoms with Gasteiger partial charge in [0, 0.05) is 51.5 Å². The third-order valence-corrected chi connectivity index (χ3v) is 7.53. The fourth-order valence-corrected chi connectivity index (χ4v) is 5.43. The lowest BCUT2D eigenvalue weighted by molar-refractivity contribution is 0.105. The highest BCUT2D eigenvalue weighted by Crippen LogP contribution is 2.27. The lowest BCUT2D eigenvalue weighted by atomic mass is 9.88. The number of likely N-dealkylation sites (tertiary alicyclic amines) is 1. The predicted octanol–water partition coefficient (Wildman–Crippen LogP) is 5.25. The normalized spacial score (nSPS) is 18.2. The molecule has 5 heteroatoms. The third kappa shape index (κ3) is 6.36. The van der Waals surface area contributed by atoms with Crippen molar-refractivity contribution in [2.75, 3.05) is 31.6 Å². The highest BCUT2D eigenvalue weighted by atomic mass is 16.2. The summed E-state index contributed by atoms with van der Waals surface area (Å²) in [6.45, 7) is 4.59. The molecular weight excluding hydrogens is 408 g/mol. The third-order valence-electron chi connectivity index (χ3n) is 7.53. The fraction of sp³-hybridized carbons (Fsp3) is 0.536. The van der Waals surface area contributed by atoms with Gasteiger partial charge in [0.05, 0.1) is 0 Å². The quantitative estimate of drug-likeness (QED) is 0.629. The zero-order chi connectivity index (χ0) is 23.0. The van der Waals surface area contributed by atoms with E-state index < -0.39 is 0 Å². The molecule has 5 nitrogen and oxygen atoms in total. The summed E-state index contributed by atoms with van der Waals surface area (Å²) in [5.41, 5.74) is 8.98. The summed E-state index contributed by atoms with van der Waals surface area (Å²) in [6.07, 6.45) is 9.09. The molecule has 2 N–H and O–H groups in total. The number of nitrogens with zero attached hydrogens (tertiary/aromatic N) is 3. The standard InChI is InChI=1S/C28H40N4O/c1-30(26-10-6-3-7-11-26)28(33)32(22-25-14-12-23(20-29)13-15-25)27-16-18-31(19-17-27)21-24-8-4-2-5-9-24/h3,6-7,10-15,24,27H,2,4-5,8-9,16-22,29H2,1H3. The topological polar surface area (TPSA) is 52.8 Å². The molecule has 1 aliphatic heterocycles. The van der Waals surface area contributed by atoms with Crippen LogP contribution < -0.4 is 10.6 Å². The maximum Gasteiger partial charge on any atom is 0.324 e. The molecule has 0 spiro atoms.